The van der Waals surface area contributed by atoms with Crippen molar-refractivity contribution in [3.8, 4) is 11.5 Å². The van der Waals surface area contributed by atoms with Gasteiger partial charge in [0.25, 0.3) is 5.91 Å². The molecule has 3 aromatic rings. The Balaban J connectivity index is 2.28. The lowest BCUT2D eigenvalue weighted by Gasteiger charge is -2.09. The third kappa shape index (κ3) is 3.50. The van der Waals surface area contributed by atoms with Crippen LogP contribution in [-0.2, 0) is 23.1 Å². The van der Waals surface area contributed by atoms with Gasteiger partial charge in [-0.15, -0.1) is 0 Å². The molecule has 0 bridgehead atoms. The summed E-state index contributed by atoms with van der Waals surface area (Å²) in [6, 6.07) is 3.49. The van der Waals surface area contributed by atoms with Gasteiger partial charge in [0.2, 0.25) is 0 Å². The number of nitrogens with zero attached hydrogens (tertiary/aromatic N) is 4. The zero-order valence-corrected chi connectivity index (χ0v) is 17.0. The van der Waals surface area contributed by atoms with Crippen LogP contribution in [0.4, 0.5) is 0 Å². The third-order valence-corrected chi connectivity index (χ3v) is 5.21. The van der Waals surface area contributed by atoms with E-state index in [1.165, 1.54) is 25.6 Å². The first-order chi connectivity index (χ1) is 13.4. The summed E-state index contributed by atoms with van der Waals surface area (Å²) in [6.45, 7) is 1.66. The number of thiazole rings is 1. The zero-order chi connectivity index (χ0) is 20.4. The molecule has 28 heavy (non-hydrogen) atoms. The van der Waals surface area contributed by atoms with Crippen molar-refractivity contribution in [1.82, 2.24) is 14.3 Å². The highest BCUT2D eigenvalue weighted by molar-refractivity contribution is 7.16. The molecule has 0 saturated carbocycles. The Kier molecular flexibility index (Phi) is 5.50. The largest absolute Gasteiger partial charge is 0.495 e. The van der Waals surface area contributed by atoms with Gasteiger partial charge >= 0.3 is 5.97 Å². The smallest absolute Gasteiger partial charge is 0.325 e. The molecule has 1 aromatic carbocycles. The van der Waals surface area contributed by atoms with Crippen molar-refractivity contribution >= 4 is 33.4 Å². The van der Waals surface area contributed by atoms with Crippen molar-refractivity contribution < 1.29 is 23.8 Å². The van der Waals surface area contributed by atoms with Crippen LogP contribution in [0.2, 0.25) is 0 Å². The van der Waals surface area contributed by atoms with Crippen molar-refractivity contribution in [2.45, 2.75) is 13.5 Å². The first-order valence-corrected chi connectivity index (χ1v) is 9.11. The topological polar surface area (TPSA) is 96.9 Å². The van der Waals surface area contributed by atoms with E-state index in [1.807, 2.05) is 0 Å². The van der Waals surface area contributed by atoms with Gasteiger partial charge in [0, 0.05) is 18.8 Å². The summed E-state index contributed by atoms with van der Waals surface area (Å²) in [4.78, 5) is 29.2. The number of esters is 1. The van der Waals surface area contributed by atoms with Gasteiger partial charge in [-0.3, -0.25) is 14.3 Å². The number of aromatic nitrogens is 3. The number of hydrogen-bond donors (Lipinski definition) is 0. The quantitative estimate of drug-likeness (QED) is 0.600. The maximum atomic E-state index is 12.7. The number of fused-ring (bicyclic) bond motifs is 1. The molecule has 148 valence electrons. The highest BCUT2D eigenvalue weighted by Gasteiger charge is 2.20. The van der Waals surface area contributed by atoms with Crippen LogP contribution in [0, 0.1) is 6.92 Å². The fourth-order valence-electron chi connectivity index (χ4n) is 2.84. The molecule has 0 atom stereocenters. The van der Waals surface area contributed by atoms with Crippen LogP contribution in [0.25, 0.3) is 10.2 Å². The SMILES string of the molecule is COC(=O)Cn1c(=NC(=O)c2nn(C)cc2C)sc2c(OC)ccc(OC)c21. The van der Waals surface area contributed by atoms with Gasteiger partial charge in [-0.1, -0.05) is 11.3 Å². The van der Waals surface area contributed by atoms with E-state index in [1.54, 1.807) is 48.7 Å². The molecule has 0 spiro atoms. The van der Waals surface area contributed by atoms with E-state index in [0.717, 1.165) is 0 Å². The Morgan fingerprint density at radius 1 is 1.18 bits per heavy atom. The second kappa shape index (κ2) is 7.85. The van der Waals surface area contributed by atoms with Crippen molar-refractivity contribution in [3.05, 3.63) is 34.4 Å². The van der Waals surface area contributed by atoms with Crippen LogP contribution in [-0.4, -0.2) is 47.6 Å². The highest BCUT2D eigenvalue weighted by atomic mass is 32.1. The van der Waals surface area contributed by atoms with Crippen molar-refractivity contribution in [2.24, 2.45) is 12.0 Å². The van der Waals surface area contributed by atoms with Crippen LogP contribution in [0.15, 0.2) is 23.3 Å². The molecule has 0 fully saturated rings. The summed E-state index contributed by atoms with van der Waals surface area (Å²) in [7, 11) is 6.11. The number of rotatable bonds is 5. The third-order valence-electron chi connectivity index (χ3n) is 4.12. The average Bonchev–Trinajstić information content (AvgIpc) is 3.20. The lowest BCUT2D eigenvalue weighted by Crippen LogP contribution is -2.23. The predicted octanol–water partition coefficient (Wildman–Crippen LogP) is 1.68. The number of amides is 1. The van der Waals surface area contributed by atoms with E-state index < -0.39 is 11.9 Å². The molecule has 0 saturated heterocycles. The average molecular weight is 404 g/mol. The fourth-order valence-corrected chi connectivity index (χ4v) is 3.97. The Bertz CT molecular complexity index is 1130. The molecule has 2 aromatic heterocycles. The Hall–Kier alpha value is -3.14. The lowest BCUT2D eigenvalue weighted by molar-refractivity contribution is -0.141. The number of carbonyl (C=O) groups excluding carboxylic acids is 2. The second-order valence-electron chi connectivity index (χ2n) is 5.95. The number of benzene rings is 1. The molecular formula is C18H20N4O5S. The molecule has 0 aliphatic rings. The molecule has 0 aliphatic carbocycles. The Morgan fingerprint density at radius 3 is 2.43 bits per heavy atom. The van der Waals surface area contributed by atoms with Crippen LogP contribution < -0.4 is 14.3 Å². The lowest BCUT2D eigenvalue weighted by atomic mass is 10.3. The highest BCUT2D eigenvalue weighted by Crippen LogP contribution is 2.35. The monoisotopic (exact) mass is 404 g/mol. The maximum Gasteiger partial charge on any atom is 0.325 e. The van der Waals surface area contributed by atoms with Gasteiger partial charge in [0.15, 0.2) is 10.5 Å². The number of ether oxygens (including phenoxy) is 3. The molecule has 0 unspecified atom stereocenters. The summed E-state index contributed by atoms with van der Waals surface area (Å²) in [5.41, 5.74) is 1.57. The molecule has 2 heterocycles. The molecule has 0 N–H and O–H groups in total. The molecule has 0 radical (unpaired) electrons. The minimum absolute atomic E-state index is 0.132. The van der Waals surface area contributed by atoms with Crippen LogP contribution in [0.5, 0.6) is 11.5 Å². The van der Waals surface area contributed by atoms with E-state index >= 15 is 0 Å². The molecule has 10 heteroatoms. The van der Waals surface area contributed by atoms with Gasteiger partial charge in [0.05, 0.1) is 21.3 Å². The summed E-state index contributed by atoms with van der Waals surface area (Å²) in [5.74, 6) is 0.134. The van der Waals surface area contributed by atoms with E-state index in [9.17, 15) is 9.59 Å². The van der Waals surface area contributed by atoms with Crippen LogP contribution in [0.1, 0.15) is 16.1 Å². The van der Waals surface area contributed by atoms with Gasteiger partial charge in [-0.25, -0.2) is 0 Å². The van der Waals surface area contributed by atoms with Gasteiger partial charge in [0.1, 0.15) is 28.3 Å². The standard InChI is InChI=1S/C18H20N4O5S/c1-10-8-21(2)20-14(10)17(24)19-18-22(9-13(23)27-5)15-11(25-3)6-7-12(26-4)16(15)28-18/h6-8H,9H2,1-5H3. The van der Waals surface area contributed by atoms with Gasteiger partial charge in [-0.05, 0) is 19.1 Å². The zero-order valence-electron chi connectivity index (χ0n) is 16.2. The van der Waals surface area contributed by atoms with E-state index in [2.05, 4.69) is 10.1 Å². The van der Waals surface area contributed by atoms with Crippen molar-refractivity contribution in [1.29, 1.82) is 0 Å². The van der Waals surface area contributed by atoms with Crippen molar-refractivity contribution in [2.75, 3.05) is 21.3 Å². The summed E-state index contributed by atoms with van der Waals surface area (Å²) in [6.07, 6.45) is 1.74. The predicted molar refractivity (Wildman–Crippen MR) is 103 cm³/mol. The molecule has 9 nitrogen and oxygen atoms in total. The molecular weight excluding hydrogens is 384 g/mol. The van der Waals surface area contributed by atoms with Crippen LogP contribution in [0.3, 0.4) is 0 Å². The summed E-state index contributed by atoms with van der Waals surface area (Å²) < 4.78 is 19.5. The van der Waals surface area contributed by atoms with E-state index in [4.69, 9.17) is 14.2 Å². The molecule has 1 amide bonds. The number of hydrogen-bond acceptors (Lipinski definition) is 7. The maximum absolute atomic E-state index is 12.7. The Morgan fingerprint density at radius 2 is 1.86 bits per heavy atom. The van der Waals surface area contributed by atoms with Gasteiger partial charge < -0.3 is 18.8 Å². The second-order valence-corrected chi connectivity index (χ2v) is 6.92. The first-order valence-electron chi connectivity index (χ1n) is 8.30. The normalized spacial score (nSPS) is 11.7. The summed E-state index contributed by atoms with van der Waals surface area (Å²) >= 11 is 1.22. The van der Waals surface area contributed by atoms with E-state index in [0.29, 0.717) is 32.1 Å². The van der Waals surface area contributed by atoms with E-state index in [-0.39, 0.29) is 12.2 Å². The minimum Gasteiger partial charge on any atom is -0.495 e. The van der Waals surface area contributed by atoms with Crippen molar-refractivity contribution in [3.63, 3.8) is 0 Å². The fraction of sp³-hybridized carbons (Fsp3) is 0.333. The first kappa shape index (κ1) is 19.6. The van der Waals surface area contributed by atoms with Gasteiger partial charge in [-0.2, -0.15) is 10.1 Å². The van der Waals surface area contributed by atoms with Crippen LogP contribution >= 0.6 is 11.3 Å². The minimum atomic E-state index is -0.499. The summed E-state index contributed by atoms with van der Waals surface area (Å²) in [5, 5.41) is 4.16. The number of methoxy groups -OCH3 is 3. The number of carbonyl (C=O) groups is 2. The molecule has 3 rings (SSSR count). The Labute approximate surface area is 164 Å². The molecule has 0 aliphatic heterocycles. The number of aryl methyl sites for hydroxylation is 2.